The molecule has 1 aliphatic heterocycles. The van der Waals surface area contributed by atoms with Crippen LogP contribution in [-0.4, -0.2) is 38.2 Å². The van der Waals surface area contributed by atoms with E-state index in [4.69, 9.17) is 21.3 Å². The summed E-state index contributed by atoms with van der Waals surface area (Å²) in [4.78, 5) is 18.5. The van der Waals surface area contributed by atoms with Gasteiger partial charge in [0.1, 0.15) is 18.2 Å². The Hall–Kier alpha value is -4.04. The molecule has 0 unspecified atom stereocenters. The van der Waals surface area contributed by atoms with E-state index in [1.165, 1.54) is 12.1 Å². The molecule has 0 saturated carbocycles. The third-order valence-corrected chi connectivity index (χ3v) is 6.67. The molecule has 1 atom stereocenters. The normalized spacial score (nSPS) is 14.7. The Bertz CT molecular complexity index is 1570. The van der Waals surface area contributed by atoms with Gasteiger partial charge in [-0.05, 0) is 42.8 Å². The second-order valence-corrected chi connectivity index (χ2v) is 8.99. The number of nitrogens with zero attached hydrogens (tertiary/aromatic N) is 5. The number of nitrogens with one attached hydrogen (secondary N) is 1. The van der Waals surface area contributed by atoms with E-state index >= 15 is 0 Å². The lowest BCUT2D eigenvalue weighted by Crippen LogP contribution is -2.16. The number of pyridine rings is 1. The lowest BCUT2D eigenvalue weighted by molar-refractivity contribution is 0.248. The number of fused-ring (bicyclic) bond motifs is 2. The van der Waals surface area contributed by atoms with Gasteiger partial charge in [0.2, 0.25) is 11.8 Å². The standard InChI is InChI=1S/C27H22ClFN6O/c1-30-27-31-13-12-22(33-27)26-25(16-6-8-17(29)9-7-16)34-23-11-10-18(35(23)26)15-36-24-14-20(28)19-4-2-3-5-21(19)32-24/h2-9,12-14,18H,10-11,15H2,1H3,(H,30,31,33)/t18-/m0/s1. The van der Waals surface area contributed by atoms with Gasteiger partial charge in [-0.3, -0.25) is 0 Å². The third-order valence-electron chi connectivity index (χ3n) is 6.36. The van der Waals surface area contributed by atoms with Crippen molar-refractivity contribution in [2.75, 3.05) is 19.0 Å². The zero-order valence-electron chi connectivity index (χ0n) is 19.4. The minimum Gasteiger partial charge on any atom is -0.475 e. The van der Waals surface area contributed by atoms with Gasteiger partial charge in [-0.1, -0.05) is 29.8 Å². The molecule has 0 amide bonds. The average molecular weight is 501 g/mol. The molecule has 2 aromatic carbocycles. The molecule has 0 aliphatic carbocycles. The SMILES string of the molecule is CNc1nccc(-c2c(-c3ccc(F)cc3)nc3n2[C@H](COc2cc(Cl)c4ccccc4n2)CC3)n1. The molecule has 3 aromatic heterocycles. The van der Waals surface area contributed by atoms with E-state index in [0.29, 0.717) is 23.5 Å². The fraction of sp³-hybridized carbons (Fsp3) is 0.185. The van der Waals surface area contributed by atoms with Crippen molar-refractivity contribution in [1.82, 2.24) is 24.5 Å². The Morgan fingerprint density at radius 2 is 1.92 bits per heavy atom. The van der Waals surface area contributed by atoms with Crippen LogP contribution < -0.4 is 10.1 Å². The Morgan fingerprint density at radius 3 is 2.75 bits per heavy atom. The van der Waals surface area contributed by atoms with Crippen molar-refractivity contribution < 1.29 is 9.13 Å². The molecule has 4 heterocycles. The van der Waals surface area contributed by atoms with Gasteiger partial charge in [-0.15, -0.1) is 0 Å². The highest BCUT2D eigenvalue weighted by Gasteiger charge is 2.31. The van der Waals surface area contributed by atoms with E-state index < -0.39 is 0 Å². The van der Waals surface area contributed by atoms with Crippen molar-refractivity contribution in [2.45, 2.75) is 18.9 Å². The number of rotatable bonds is 6. The van der Waals surface area contributed by atoms with E-state index in [9.17, 15) is 4.39 Å². The molecule has 1 aliphatic rings. The fourth-order valence-corrected chi connectivity index (χ4v) is 4.92. The van der Waals surface area contributed by atoms with Crippen LogP contribution >= 0.6 is 11.6 Å². The number of hydrogen-bond donors (Lipinski definition) is 1. The van der Waals surface area contributed by atoms with Gasteiger partial charge in [0, 0.05) is 36.7 Å². The molecule has 0 radical (unpaired) electrons. The van der Waals surface area contributed by atoms with Gasteiger partial charge in [0.15, 0.2) is 0 Å². The van der Waals surface area contributed by atoms with Crippen LogP contribution in [0, 0.1) is 5.82 Å². The molecular weight excluding hydrogens is 479 g/mol. The average Bonchev–Trinajstić information content (AvgIpc) is 3.47. The highest BCUT2D eigenvalue weighted by atomic mass is 35.5. The molecule has 7 nitrogen and oxygen atoms in total. The number of ether oxygens (including phenoxy) is 1. The van der Waals surface area contributed by atoms with Gasteiger partial charge in [0.05, 0.1) is 33.7 Å². The molecule has 6 rings (SSSR count). The minimum atomic E-state index is -0.292. The molecule has 180 valence electrons. The second-order valence-electron chi connectivity index (χ2n) is 8.58. The summed E-state index contributed by atoms with van der Waals surface area (Å²) in [5.41, 5.74) is 3.94. The molecule has 0 saturated heterocycles. The lowest BCUT2D eigenvalue weighted by atomic mass is 10.1. The molecular formula is C27H22ClFN6O. The number of benzene rings is 2. The van der Waals surface area contributed by atoms with E-state index in [1.807, 2.05) is 30.3 Å². The van der Waals surface area contributed by atoms with Crippen LogP contribution in [0.15, 0.2) is 66.9 Å². The summed E-state index contributed by atoms with van der Waals surface area (Å²) in [5, 5.41) is 4.49. The number of para-hydroxylation sites is 1. The van der Waals surface area contributed by atoms with E-state index in [2.05, 4.69) is 24.8 Å². The summed E-state index contributed by atoms with van der Waals surface area (Å²) in [6, 6.07) is 17.7. The monoisotopic (exact) mass is 500 g/mol. The van der Waals surface area contributed by atoms with Crippen LogP contribution in [0.3, 0.4) is 0 Å². The molecule has 0 spiro atoms. The summed E-state index contributed by atoms with van der Waals surface area (Å²) in [7, 11) is 1.78. The molecule has 0 fully saturated rings. The largest absolute Gasteiger partial charge is 0.475 e. The van der Waals surface area contributed by atoms with Gasteiger partial charge in [-0.2, -0.15) is 0 Å². The predicted octanol–water partition coefficient (Wildman–Crippen LogP) is 5.96. The molecule has 1 N–H and O–H groups in total. The van der Waals surface area contributed by atoms with Crippen LogP contribution in [0.25, 0.3) is 33.5 Å². The summed E-state index contributed by atoms with van der Waals surface area (Å²) in [6.45, 7) is 0.394. The van der Waals surface area contributed by atoms with Crippen LogP contribution in [-0.2, 0) is 6.42 Å². The summed E-state index contributed by atoms with van der Waals surface area (Å²) < 4.78 is 22.0. The first kappa shape index (κ1) is 22.4. The van der Waals surface area contributed by atoms with Gasteiger partial charge >= 0.3 is 0 Å². The van der Waals surface area contributed by atoms with E-state index in [1.54, 1.807) is 31.4 Å². The molecule has 36 heavy (non-hydrogen) atoms. The first-order valence-corrected chi connectivity index (χ1v) is 12.0. The summed E-state index contributed by atoms with van der Waals surface area (Å²) in [5.74, 6) is 1.63. The van der Waals surface area contributed by atoms with Gasteiger partial charge < -0.3 is 14.6 Å². The third kappa shape index (κ3) is 4.03. The lowest BCUT2D eigenvalue weighted by Gasteiger charge is -2.18. The number of hydrogen-bond acceptors (Lipinski definition) is 6. The number of aryl methyl sites for hydroxylation is 1. The van der Waals surface area contributed by atoms with Crippen molar-refractivity contribution in [3.63, 3.8) is 0 Å². The Labute approximate surface area is 212 Å². The maximum atomic E-state index is 13.6. The summed E-state index contributed by atoms with van der Waals surface area (Å²) >= 11 is 6.47. The quantitative estimate of drug-likeness (QED) is 0.310. The maximum Gasteiger partial charge on any atom is 0.222 e. The first-order chi connectivity index (χ1) is 17.6. The van der Waals surface area contributed by atoms with Crippen LogP contribution in [0.5, 0.6) is 5.88 Å². The molecule has 9 heteroatoms. The van der Waals surface area contributed by atoms with Crippen molar-refractivity contribution in [1.29, 1.82) is 0 Å². The summed E-state index contributed by atoms with van der Waals surface area (Å²) in [6.07, 6.45) is 3.37. The van der Waals surface area contributed by atoms with Crippen molar-refractivity contribution >= 4 is 28.5 Å². The second kappa shape index (κ2) is 9.20. The smallest absolute Gasteiger partial charge is 0.222 e. The Morgan fingerprint density at radius 1 is 1.08 bits per heavy atom. The van der Waals surface area contributed by atoms with E-state index in [0.717, 1.165) is 52.2 Å². The van der Waals surface area contributed by atoms with Crippen molar-refractivity contribution in [3.8, 4) is 28.5 Å². The first-order valence-electron chi connectivity index (χ1n) is 11.7. The predicted molar refractivity (Wildman–Crippen MR) is 138 cm³/mol. The van der Waals surface area contributed by atoms with Crippen LogP contribution in [0.4, 0.5) is 10.3 Å². The minimum absolute atomic E-state index is 0.0109. The Kier molecular flexibility index (Phi) is 5.73. The van der Waals surface area contributed by atoms with E-state index in [-0.39, 0.29) is 11.9 Å². The number of halogens is 2. The zero-order chi connectivity index (χ0) is 24.6. The Balaban J connectivity index is 1.39. The highest BCUT2D eigenvalue weighted by Crippen LogP contribution is 2.39. The van der Waals surface area contributed by atoms with Crippen molar-refractivity contribution in [2.24, 2.45) is 0 Å². The van der Waals surface area contributed by atoms with Gasteiger partial charge in [-0.25, -0.2) is 24.3 Å². The maximum absolute atomic E-state index is 13.6. The topological polar surface area (TPSA) is 77.8 Å². The number of imidazole rings is 1. The number of anilines is 1. The molecule has 5 aromatic rings. The highest BCUT2D eigenvalue weighted by molar-refractivity contribution is 6.35. The van der Waals surface area contributed by atoms with Gasteiger partial charge in [0.25, 0.3) is 0 Å². The number of aromatic nitrogens is 5. The zero-order valence-corrected chi connectivity index (χ0v) is 20.2. The van der Waals surface area contributed by atoms with Crippen molar-refractivity contribution in [3.05, 3.63) is 83.5 Å². The fourth-order valence-electron chi connectivity index (χ4n) is 4.66. The van der Waals surface area contributed by atoms with Crippen LogP contribution in [0.2, 0.25) is 5.02 Å². The van der Waals surface area contributed by atoms with Crippen LogP contribution in [0.1, 0.15) is 18.3 Å². The molecule has 0 bridgehead atoms.